The highest BCUT2D eigenvalue weighted by atomic mass is 35.5. The zero-order valence-electron chi connectivity index (χ0n) is 11.8. The number of carbonyl (C=O) groups is 1. The molecule has 5 nitrogen and oxygen atoms in total. The molecule has 0 unspecified atom stereocenters. The van der Waals surface area contributed by atoms with Crippen molar-refractivity contribution in [1.29, 1.82) is 0 Å². The molecule has 2 bridgehead atoms. The van der Waals surface area contributed by atoms with Crippen LogP contribution in [-0.2, 0) is 0 Å². The number of phenols is 2. The smallest absolute Gasteiger partial charge is 0.253 e. The van der Waals surface area contributed by atoms with Crippen LogP contribution in [0.4, 0.5) is 0 Å². The molecule has 2 saturated heterocycles. The molecule has 1 aromatic rings. The Hall–Kier alpha value is -1.46. The molecule has 2 aliphatic heterocycles. The molecule has 0 saturated carbocycles. The minimum Gasteiger partial charge on any atom is -0.504 e. The van der Waals surface area contributed by atoms with Crippen LogP contribution < -0.4 is 5.32 Å². The van der Waals surface area contributed by atoms with Crippen LogP contribution in [0, 0.1) is 0 Å². The first-order valence-corrected chi connectivity index (χ1v) is 7.58. The minimum absolute atomic E-state index is 0.108. The predicted octanol–water partition coefficient (Wildman–Crippen LogP) is 2.11. The number of hydrogen-bond acceptors (Lipinski definition) is 4. The summed E-state index contributed by atoms with van der Waals surface area (Å²) in [7, 11) is 2.15. The summed E-state index contributed by atoms with van der Waals surface area (Å²) in [5.41, 5.74) is 0.193. The monoisotopic (exact) mass is 310 g/mol. The van der Waals surface area contributed by atoms with Gasteiger partial charge in [0.25, 0.3) is 5.91 Å². The molecule has 2 fully saturated rings. The van der Waals surface area contributed by atoms with Crippen LogP contribution in [0.1, 0.15) is 36.0 Å². The van der Waals surface area contributed by atoms with Gasteiger partial charge in [-0.1, -0.05) is 11.6 Å². The SMILES string of the molecule is CN1[C@@H]2CC[C@H]1C[C@@H](NC(=O)c1ccc(O)c(O)c1Cl)C2. The van der Waals surface area contributed by atoms with Gasteiger partial charge in [-0.05, 0) is 44.9 Å². The number of amides is 1. The highest BCUT2D eigenvalue weighted by molar-refractivity contribution is 6.35. The van der Waals surface area contributed by atoms with Crippen LogP contribution in [0.2, 0.25) is 5.02 Å². The van der Waals surface area contributed by atoms with E-state index in [2.05, 4.69) is 17.3 Å². The van der Waals surface area contributed by atoms with E-state index in [9.17, 15) is 15.0 Å². The quantitative estimate of drug-likeness (QED) is 0.732. The first-order valence-electron chi connectivity index (χ1n) is 7.20. The Morgan fingerprint density at radius 2 is 1.90 bits per heavy atom. The Morgan fingerprint density at radius 3 is 2.52 bits per heavy atom. The van der Waals surface area contributed by atoms with Crippen LogP contribution in [0.25, 0.3) is 0 Å². The van der Waals surface area contributed by atoms with Gasteiger partial charge in [0.05, 0.1) is 10.6 Å². The number of hydrogen-bond donors (Lipinski definition) is 3. The third-order valence-corrected chi connectivity index (χ3v) is 5.16. The van der Waals surface area contributed by atoms with Gasteiger partial charge in [0.1, 0.15) is 0 Å². The number of halogens is 1. The van der Waals surface area contributed by atoms with E-state index in [0.717, 1.165) is 12.8 Å². The molecule has 0 aromatic heterocycles. The van der Waals surface area contributed by atoms with Crippen molar-refractivity contribution in [1.82, 2.24) is 10.2 Å². The van der Waals surface area contributed by atoms with Crippen LogP contribution >= 0.6 is 11.6 Å². The van der Waals surface area contributed by atoms with Crippen molar-refractivity contribution in [3.8, 4) is 11.5 Å². The Bertz CT molecular complexity index is 564. The molecule has 0 aliphatic carbocycles. The van der Waals surface area contributed by atoms with E-state index in [1.807, 2.05) is 0 Å². The minimum atomic E-state index is -0.451. The molecule has 3 N–H and O–H groups in total. The number of rotatable bonds is 2. The number of aromatic hydroxyl groups is 2. The van der Waals surface area contributed by atoms with Crippen LogP contribution in [0.5, 0.6) is 11.5 Å². The number of nitrogens with one attached hydrogen (secondary N) is 1. The van der Waals surface area contributed by atoms with Crippen molar-refractivity contribution in [2.45, 2.75) is 43.8 Å². The number of phenolic OH excluding ortho intramolecular Hbond substituents is 2. The lowest BCUT2D eigenvalue weighted by atomic mass is 9.97. The second kappa shape index (κ2) is 5.39. The largest absolute Gasteiger partial charge is 0.504 e. The van der Waals surface area contributed by atoms with Crippen molar-refractivity contribution < 1.29 is 15.0 Å². The molecule has 6 heteroatoms. The maximum absolute atomic E-state index is 12.3. The molecule has 0 spiro atoms. The summed E-state index contributed by atoms with van der Waals surface area (Å²) in [6, 6.07) is 3.92. The molecule has 21 heavy (non-hydrogen) atoms. The first-order chi connectivity index (χ1) is 9.97. The van der Waals surface area contributed by atoms with Crippen molar-refractivity contribution in [2.24, 2.45) is 0 Å². The fraction of sp³-hybridized carbons (Fsp3) is 0.533. The predicted molar refractivity (Wildman–Crippen MR) is 79.8 cm³/mol. The maximum Gasteiger partial charge on any atom is 0.253 e. The van der Waals surface area contributed by atoms with Gasteiger partial charge in [0.2, 0.25) is 0 Å². The normalized spacial score (nSPS) is 28.6. The second-order valence-corrected chi connectivity index (χ2v) is 6.37. The van der Waals surface area contributed by atoms with Gasteiger partial charge < -0.3 is 20.4 Å². The molecule has 2 aliphatic rings. The van der Waals surface area contributed by atoms with Crippen LogP contribution in [0.15, 0.2) is 12.1 Å². The number of benzene rings is 1. The van der Waals surface area contributed by atoms with E-state index >= 15 is 0 Å². The summed E-state index contributed by atoms with van der Waals surface area (Å²) in [5.74, 6) is -1.08. The Balaban J connectivity index is 1.72. The highest BCUT2D eigenvalue weighted by Crippen LogP contribution is 2.36. The molecule has 114 valence electrons. The molecule has 3 rings (SSSR count). The zero-order chi connectivity index (χ0) is 15.1. The lowest BCUT2D eigenvalue weighted by Gasteiger charge is -2.36. The molecular weight excluding hydrogens is 292 g/mol. The zero-order valence-corrected chi connectivity index (χ0v) is 12.6. The number of piperidine rings is 1. The van der Waals surface area contributed by atoms with E-state index in [0.29, 0.717) is 12.1 Å². The van der Waals surface area contributed by atoms with Gasteiger partial charge >= 0.3 is 0 Å². The summed E-state index contributed by atoms with van der Waals surface area (Å²) < 4.78 is 0. The van der Waals surface area contributed by atoms with Crippen molar-refractivity contribution in [2.75, 3.05) is 7.05 Å². The topological polar surface area (TPSA) is 72.8 Å². The Kier molecular flexibility index (Phi) is 3.71. The van der Waals surface area contributed by atoms with E-state index < -0.39 is 5.75 Å². The standard InChI is InChI=1S/C15H19ClN2O3/c1-18-9-2-3-10(18)7-8(6-9)17-15(21)11-4-5-12(19)14(20)13(11)16/h4-5,8-10,19-20H,2-3,6-7H2,1H3,(H,17,21)/t8-,9+,10-. The van der Waals surface area contributed by atoms with E-state index in [4.69, 9.17) is 11.6 Å². The molecule has 1 amide bonds. The summed E-state index contributed by atoms with van der Waals surface area (Å²) >= 11 is 5.92. The first kappa shape index (κ1) is 14.5. The van der Waals surface area contributed by atoms with E-state index in [1.54, 1.807) is 0 Å². The van der Waals surface area contributed by atoms with Gasteiger partial charge in [0, 0.05) is 18.1 Å². The third-order valence-electron chi connectivity index (χ3n) is 4.77. The second-order valence-electron chi connectivity index (χ2n) is 5.99. The number of nitrogens with zero attached hydrogens (tertiary/aromatic N) is 1. The van der Waals surface area contributed by atoms with Crippen molar-refractivity contribution in [3.05, 3.63) is 22.7 Å². The average molecular weight is 311 g/mol. The van der Waals surface area contributed by atoms with E-state index in [-0.39, 0.29) is 28.3 Å². The third kappa shape index (κ3) is 2.56. The van der Waals surface area contributed by atoms with Crippen LogP contribution in [-0.4, -0.2) is 46.2 Å². The highest BCUT2D eigenvalue weighted by Gasteiger charge is 2.39. The average Bonchev–Trinajstić information content (AvgIpc) is 2.67. The molecule has 2 heterocycles. The summed E-state index contributed by atoms with van der Waals surface area (Å²) in [5, 5.41) is 21.9. The summed E-state index contributed by atoms with van der Waals surface area (Å²) in [4.78, 5) is 14.7. The Labute approximate surface area is 128 Å². The molecule has 0 radical (unpaired) electrons. The molecular formula is C15H19ClN2O3. The van der Waals surface area contributed by atoms with Gasteiger partial charge in [-0.15, -0.1) is 0 Å². The lowest BCUT2D eigenvalue weighted by Crippen LogP contribution is -2.48. The fourth-order valence-corrected chi connectivity index (χ4v) is 3.77. The van der Waals surface area contributed by atoms with E-state index in [1.165, 1.54) is 25.0 Å². The van der Waals surface area contributed by atoms with Gasteiger partial charge in [-0.3, -0.25) is 4.79 Å². The van der Waals surface area contributed by atoms with Crippen molar-refractivity contribution >= 4 is 17.5 Å². The Morgan fingerprint density at radius 1 is 1.29 bits per heavy atom. The number of fused-ring (bicyclic) bond motifs is 2. The molecule has 3 atom stereocenters. The summed E-state index contributed by atoms with van der Waals surface area (Å²) in [6.07, 6.45) is 4.27. The fourth-order valence-electron chi connectivity index (χ4n) is 3.52. The number of carbonyl (C=O) groups excluding carboxylic acids is 1. The van der Waals surface area contributed by atoms with Gasteiger partial charge in [0.15, 0.2) is 11.5 Å². The molecule has 1 aromatic carbocycles. The maximum atomic E-state index is 12.3. The van der Waals surface area contributed by atoms with Crippen molar-refractivity contribution in [3.63, 3.8) is 0 Å². The van der Waals surface area contributed by atoms with Gasteiger partial charge in [-0.25, -0.2) is 0 Å². The van der Waals surface area contributed by atoms with Crippen LogP contribution in [0.3, 0.4) is 0 Å². The van der Waals surface area contributed by atoms with Gasteiger partial charge in [-0.2, -0.15) is 0 Å². The lowest BCUT2D eigenvalue weighted by molar-refractivity contribution is 0.0882. The summed E-state index contributed by atoms with van der Waals surface area (Å²) in [6.45, 7) is 0.